The van der Waals surface area contributed by atoms with Crippen LogP contribution in [0.3, 0.4) is 0 Å². The summed E-state index contributed by atoms with van der Waals surface area (Å²) in [5.74, 6) is 0.641. The number of hydrogen-bond donors (Lipinski definition) is 2. The maximum atomic E-state index is 11.2. The van der Waals surface area contributed by atoms with Gasteiger partial charge in [-0.15, -0.1) is 0 Å². The number of rotatable bonds is 5. The number of aliphatic hydroxyl groups is 1. The monoisotopic (exact) mass is 237 g/mol. The highest BCUT2D eigenvalue weighted by atomic mass is 16.5. The molecular formula is C11H15N3O3. The van der Waals surface area contributed by atoms with Gasteiger partial charge in [-0.1, -0.05) is 0 Å². The Labute approximate surface area is 99.2 Å². The summed E-state index contributed by atoms with van der Waals surface area (Å²) < 4.78 is 5.45. The molecule has 1 aromatic rings. The van der Waals surface area contributed by atoms with E-state index in [4.69, 9.17) is 9.84 Å². The van der Waals surface area contributed by atoms with Crippen molar-refractivity contribution < 1.29 is 14.6 Å². The first kappa shape index (κ1) is 11.7. The quantitative estimate of drug-likeness (QED) is 0.754. The number of amides is 2. The highest BCUT2D eigenvalue weighted by Crippen LogP contribution is 2.09. The Hall–Kier alpha value is -1.82. The van der Waals surface area contributed by atoms with Crippen molar-refractivity contribution in [3.05, 3.63) is 24.0 Å². The van der Waals surface area contributed by atoms with Gasteiger partial charge in [0.1, 0.15) is 12.4 Å². The number of carbonyl (C=O) groups excluding carboxylic acids is 1. The van der Waals surface area contributed by atoms with Crippen LogP contribution in [0.4, 0.5) is 4.79 Å². The Morgan fingerprint density at radius 1 is 1.53 bits per heavy atom. The molecule has 2 rings (SSSR count). The molecule has 2 amide bonds. The number of urea groups is 1. The average Bonchev–Trinajstić information content (AvgIpc) is 2.76. The van der Waals surface area contributed by atoms with Crippen molar-refractivity contribution in [3.8, 4) is 5.75 Å². The van der Waals surface area contributed by atoms with E-state index in [1.807, 2.05) is 0 Å². The molecule has 0 radical (unpaired) electrons. The van der Waals surface area contributed by atoms with Gasteiger partial charge in [0.25, 0.3) is 0 Å². The number of aliphatic hydroxyl groups excluding tert-OH is 1. The van der Waals surface area contributed by atoms with Gasteiger partial charge in [0.15, 0.2) is 0 Å². The van der Waals surface area contributed by atoms with E-state index < -0.39 is 0 Å². The summed E-state index contributed by atoms with van der Waals surface area (Å²) in [6.07, 6.45) is 1.57. The molecule has 0 saturated carbocycles. The van der Waals surface area contributed by atoms with Crippen LogP contribution in [0.25, 0.3) is 0 Å². The Balaban J connectivity index is 1.75. The molecule has 0 bridgehead atoms. The zero-order chi connectivity index (χ0) is 12.1. The van der Waals surface area contributed by atoms with Gasteiger partial charge >= 0.3 is 6.03 Å². The number of aromatic nitrogens is 1. The van der Waals surface area contributed by atoms with Crippen molar-refractivity contribution >= 4 is 6.03 Å². The van der Waals surface area contributed by atoms with Crippen molar-refractivity contribution in [1.29, 1.82) is 0 Å². The van der Waals surface area contributed by atoms with Crippen molar-refractivity contribution in [2.24, 2.45) is 0 Å². The molecule has 6 heteroatoms. The van der Waals surface area contributed by atoms with E-state index in [0.29, 0.717) is 31.1 Å². The second kappa shape index (κ2) is 5.49. The van der Waals surface area contributed by atoms with Gasteiger partial charge in [-0.2, -0.15) is 0 Å². The molecule has 1 aliphatic rings. The number of nitrogens with zero attached hydrogens (tertiary/aromatic N) is 2. The Bertz CT molecular complexity index is 380. The van der Waals surface area contributed by atoms with Crippen LogP contribution in [-0.2, 0) is 6.61 Å². The summed E-state index contributed by atoms with van der Waals surface area (Å²) >= 11 is 0. The van der Waals surface area contributed by atoms with Crippen molar-refractivity contribution in [1.82, 2.24) is 15.2 Å². The van der Waals surface area contributed by atoms with Gasteiger partial charge < -0.3 is 20.1 Å². The van der Waals surface area contributed by atoms with Crippen LogP contribution in [-0.4, -0.2) is 47.3 Å². The highest BCUT2D eigenvalue weighted by molar-refractivity contribution is 5.76. The van der Waals surface area contributed by atoms with Gasteiger partial charge in [-0.05, 0) is 12.1 Å². The number of ether oxygens (including phenoxy) is 1. The van der Waals surface area contributed by atoms with Crippen LogP contribution in [0.5, 0.6) is 5.75 Å². The largest absolute Gasteiger partial charge is 0.490 e. The van der Waals surface area contributed by atoms with E-state index in [1.165, 1.54) is 0 Å². The molecule has 0 unspecified atom stereocenters. The normalized spacial score (nSPS) is 14.9. The van der Waals surface area contributed by atoms with Gasteiger partial charge in [-0.25, -0.2) is 4.79 Å². The molecule has 6 nitrogen and oxygen atoms in total. The predicted octanol–water partition coefficient (Wildman–Crippen LogP) is -0.0221. The number of nitrogens with one attached hydrogen (secondary N) is 1. The maximum absolute atomic E-state index is 11.2. The third-order valence-electron chi connectivity index (χ3n) is 2.53. The van der Waals surface area contributed by atoms with Crippen LogP contribution in [0.2, 0.25) is 0 Å². The summed E-state index contributed by atoms with van der Waals surface area (Å²) in [6.45, 7) is 2.35. The molecule has 0 aromatic carbocycles. The summed E-state index contributed by atoms with van der Waals surface area (Å²) in [5.41, 5.74) is 0.608. The predicted molar refractivity (Wildman–Crippen MR) is 60.6 cm³/mol. The molecule has 1 fully saturated rings. The van der Waals surface area contributed by atoms with E-state index >= 15 is 0 Å². The topological polar surface area (TPSA) is 74.7 Å². The SMILES string of the molecule is O=C1NCCN1CCOc1ccc(CO)nc1. The van der Waals surface area contributed by atoms with Crippen molar-refractivity contribution in [3.63, 3.8) is 0 Å². The van der Waals surface area contributed by atoms with Crippen LogP contribution < -0.4 is 10.1 Å². The first-order chi connectivity index (χ1) is 8.29. The van der Waals surface area contributed by atoms with Crippen LogP contribution in [0, 0.1) is 0 Å². The van der Waals surface area contributed by atoms with E-state index in [2.05, 4.69) is 10.3 Å². The molecular weight excluding hydrogens is 222 g/mol. The second-order valence-electron chi connectivity index (χ2n) is 3.71. The third kappa shape index (κ3) is 3.07. The molecule has 92 valence electrons. The number of pyridine rings is 1. The summed E-state index contributed by atoms with van der Waals surface area (Å²) in [6, 6.07) is 3.42. The van der Waals surface area contributed by atoms with Gasteiger partial charge in [0.2, 0.25) is 0 Å². The second-order valence-corrected chi connectivity index (χ2v) is 3.71. The summed E-state index contributed by atoms with van der Waals surface area (Å²) in [5, 5.41) is 11.5. The maximum Gasteiger partial charge on any atom is 0.317 e. The van der Waals surface area contributed by atoms with Crippen LogP contribution in [0.15, 0.2) is 18.3 Å². The van der Waals surface area contributed by atoms with Crippen LogP contribution >= 0.6 is 0 Å². The first-order valence-electron chi connectivity index (χ1n) is 5.51. The molecule has 0 aliphatic carbocycles. The molecule has 2 N–H and O–H groups in total. The fraction of sp³-hybridized carbons (Fsp3) is 0.455. The zero-order valence-electron chi connectivity index (χ0n) is 9.43. The van der Waals surface area contributed by atoms with E-state index in [-0.39, 0.29) is 12.6 Å². The molecule has 2 heterocycles. The minimum absolute atomic E-state index is 0.0395. The average molecular weight is 237 g/mol. The standard InChI is InChI=1S/C11H15N3O3/c15-8-9-1-2-10(7-13-9)17-6-5-14-4-3-12-11(14)16/h1-2,7,15H,3-6,8H2,(H,12,16). The summed E-state index contributed by atoms with van der Waals surface area (Å²) in [4.78, 5) is 16.9. The lowest BCUT2D eigenvalue weighted by Gasteiger charge is -2.14. The number of hydrogen-bond acceptors (Lipinski definition) is 4. The van der Waals surface area contributed by atoms with Crippen molar-refractivity contribution in [2.75, 3.05) is 26.2 Å². The molecule has 17 heavy (non-hydrogen) atoms. The van der Waals surface area contributed by atoms with Gasteiger partial charge in [0, 0.05) is 13.1 Å². The molecule has 1 aliphatic heterocycles. The zero-order valence-corrected chi connectivity index (χ0v) is 9.43. The fourth-order valence-electron chi connectivity index (χ4n) is 1.59. The van der Waals surface area contributed by atoms with E-state index in [0.717, 1.165) is 6.54 Å². The summed E-state index contributed by atoms with van der Waals surface area (Å²) in [7, 11) is 0. The number of carbonyl (C=O) groups is 1. The molecule has 1 saturated heterocycles. The Morgan fingerprint density at radius 3 is 3.00 bits per heavy atom. The fourth-order valence-corrected chi connectivity index (χ4v) is 1.59. The minimum Gasteiger partial charge on any atom is -0.490 e. The lowest BCUT2D eigenvalue weighted by Crippen LogP contribution is -2.31. The smallest absolute Gasteiger partial charge is 0.317 e. The third-order valence-corrected chi connectivity index (χ3v) is 2.53. The molecule has 0 spiro atoms. The van der Waals surface area contributed by atoms with E-state index in [1.54, 1.807) is 23.2 Å². The lowest BCUT2D eigenvalue weighted by atomic mass is 10.3. The highest BCUT2D eigenvalue weighted by Gasteiger charge is 2.18. The van der Waals surface area contributed by atoms with Gasteiger partial charge in [-0.3, -0.25) is 4.98 Å². The van der Waals surface area contributed by atoms with Gasteiger partial charge in [0.05, 0.1) is 25.0 Å². The van der Waals surface area contributed by atoms with E-state index in [9.17, 15) is 4.79 Å². The minimum atomic E-state index is -0.0752. The lowest BCUT2D eigenvalue weighted by molar-refractivity contribution is 0.202. The Kier molecular flexibility index (Phi) is 3.77. The molecule has 1 aromatic heterocycles. The van der Waals surface area contributed by atoms with Crippen LogP contribution in [0.1, 0.15) is 5.69 Å². The molecule has 0 atom stereocenters. The first-order valence-corrected chi connectivity index (χ1v) is 5.51. The Morgan fingerprint density at radius 2 is 2.41 bits per heavy atom. The van der Waals surface area contributed by atoms with Crippen molar-refractivity contribution in [2.45, 2.75) is 6.61 Å².